The van der Waals surface area contributed by atoms with Gasteiger partial charge < -0.3 is 10.1 Å². The molecule has 0 aromatic heterocycles. The van der Waals surface area contributed by atoms with Crippen LogP contribution in [-0.4, -0.2) is 24.7 Å². The molecule has 0 aliphatic rings. The summed E-state index contributed by atoms with van der Waals surface area (Å²) in [7, 11) is 0. The van der Waals surface area contributed by atoms with Gasteiger partial charge in [0.25, 0.3) is 0 Å². The first kappa shape index (κ1) is 14.3. The van der Waals surface area contributed by atoms with Crippen molar-refractivity contribution < 1.29 is 13.5 Å². The lowest BCUT2D eigenvalue weighted by Crippen LogP contribution is -2.27. The van der Waals surface area contributed by atoms with Gasteiger partial charge in [-0.15, -0.1) is 0 Å². The summed E-state index contributed by atoms with van der Waals surface area (Å²) in [5.74, 6) is 1.23. The van der Waals surface area contributed by atoms with Gasteiger partial charge >= 0.3 is 6.61 Å². The lowest BCUT2D eigenvalue weighted by molar-refractivity contribution is -0.0505. The van der Waals surface area contributed by atoms with Crippen LogP contribution in [0.5, 0.6) is 5.75 Å². The maximum absolute atomic E-state index is 12.2. The van der Waals surface area contributed by atoms with E-state index in [0.29, 0.717) is 12.6 Å². The van der Waals surface area contributed by atoms with E-state index in [1.165, 1.54) is 0 Å². The van der Waals surface area contributed by atoms with E-state index in [9.17, 15) is 8.78 Å². The van der Waals surface area contributed by atoms with Crippen molar-refractivity contribution in [2.24, 2.45) is 0 Å². The Morgan fingerprint density at radius 1 is 1.35 bits per heavy atom. The Morgan fingerprint density at radius 2 is 2.06 bits per heavy atom. The Balaban J connectivity index is 2.57. The number of nitrogens with one attached hydrogen (secondary N) is 1. The van der Waals surface area contributed by atoms with Crippen molar-refractivity contribution in [2.75, 3.05) is 12.0 Å². The van der Waals surface area contributed by atoms with E-state index in [2.05, 4.69) is 17.0 Å². The third-order valence-corrected chi connectivity index (χ3v) is 3.08. The Kier molecular flexibility index (Phi) is 6.29. The van der Waals surface area contributed by atoms with Crippen molar-refractivity contribution in [3.05, 3.63) is 29.8 Å². The molecule has 0 spiro atoms. The van der Waals surface area contributed by atoms with Crippen LogP contribution in [0.15, 0.2) is 24.3 Å². The first-order valence-corrected chi connectivity index (χ1v) is 6.78. The molecule has 0 heterocycles. The molecule has 1 aromatic carbocycles. The largest absolute Gasteiger partial charge is 0.434 e. The summed E-state index contributed by atoms with van der Waals surface area (Å²) >= 11 is 1.75. The van der Waals surface area contributed by atoms with Gasteiger partial charge in [0.2, 0.25) is 0 Å². The maximum Gasteiger partial charge on any atom is 0.387 e. The molecule has 1 aromatic rings. The highest BCUT2D eigenvalue weighted by atomic mass is 32.2. The van der Waals surface area contributed by atoms with E-state index in [0.717, 1.165) is 11.3 Å². The van der Waals surface area contributed by atoms with Crippen LogP contribution < -0.4 is 10.1 Å². The smallest absolute Gasteiger partial charge is 0.387 e. The van der Waals surface area contributed by atoms with Gasteiger partial charge in [-0.25, -0.2) is 0 Å². The number of para-hydroxylation sites is 1. The molecule has 0 aliphatic carbocycles. The number of rotatable bonds is 7. The van der Waals surface area contributed by atoms with Crippen molar-refractivity contribution in [1.82, 2.24) is 5.32 Å². The zero-order valence-electron chi connectivity index (χ0n) is 9.95. The molecule has 1 rings (SSSR count). The Hall–Kier alpha value is -0.810. The highest BCUT2D eigenvalue weighted by Gasteiger charge is 2.09. The molecule has 0 bridgehead atoms. The van der Waals surface area contributed by atoms with E-state index in [1.54, 1.807) is 30.0 Å². The maximum atomic E-state index is 12.2. The predicted molar refractivity (Wildman–Crippen MR) is 67.8 cm³/mol. The normalized spacial score (nSPS) is 12.8. The van der Waals surface area contributed by atoms with E-state index >= 15 is 0 Å². The van der Waals surface area contributed by atoms with Crippen molar-refractivity contribution in [3.63, 3.8) is 0 Å². The molecule has 0 radical (unpaired) electrons. The van der Waals surface area contributed by atoms with Crippen LogP contribution in [0.25, 0.3) is 0 Å². The van der Waals surface area contributed by atoms with E-state index in [4.69, 9.17) is 0 Å². The number of halogens is 2. The number of hydrogen-bond donors (Lipinski definition) is 1. The summed E-state index contributed by atoms with van der Waals surface area (Å²) in [6.45, 7) is -0.183. The first-order chi connectivity index (χ1) is 8.13. The highest BCUT2D eigenvalue weighted by molar-refractivity contribution is 7.98. The van der Waals surface area contributed by atoms with Crippen LogP contribution in [0.2, 0.25) is 0 Å². The Morgan fingerprint density at radius 3 is 2.71 bits per heavy atom. The lowest BCUT2D eigenvalue weighted by Gasteiger charge is -2.15. The molecular formula is C12H17F2NOS. The SMILES string of the molecule is CSCC(C)NCc1ccccc1OC(F)F. The Labute approximate surface area is 105 Å². The van der Waals surface area contributed by atoms with Gasteiger partial charge in [-0.3, -0.25) is 0 Å². The van der Waals surface area contributed by atoms with Gasteiger partial charge in [-0.2, -0.15) is 20.5 Å². The summed E-state index contributed by atoms with van der Waals surface area (Å²) in [6, 6.07) is 7.18. The standard InChI is InChI=1S/C12H17F2NOS/c1-9(8-17-2)15-7-10-5-3-4-6-11(10)16-12(13)14/h3-6,9,12,15H,7-8H2,1-2H3. The van der Waals surface area contributed by atoms with Crippen LogP contribution in [0, 0.1) is 0 Å². The fourth-order valence-corrected chi connectivity index (χ4v) is 2.07. The minimum absolute atomic E-state index is 0.242. The zero-order valence-corrected chi connectivity index (χ0v) is 10.8. The molecule has 17 heavy (non-hydrogen) atoms. The van der Waals surface area contributed by atoms with Gasteiger partial charge in [0.05, 0.1) is 0 Å². The topological polar surface area (TPSA) is 21.3 Å². The fourth-order valence-electron chi connectivity index (χ4n) is 1.45. The van der Waals surface area contributed by atoms with Crippen molar-refractivity contribution in [3.8, 4) is 5.75 Å². The first-order valence-electron chi connectivity index (χ1n) is 5.38. The summed E-state index contributed by atoms with van der Waals surface area (Å²) in [5.41, 5.74) is 0.751. The van der Waals surface area contributed by atoms with E-state index < -0.39 is 6.61 Å². The second-order valence-electron chi connectivity index (χ2n) is 3.72. The third-order valence-electron chi connectivity index (χ3n) is 2.25. The summed E-state index contributed by atoms with van der Waals surface area (Å²) in [6.07, 6.45) is 2.03. The fraction of sp³-hybridized carbons (Fsp3) is 0.500. The molecular weight excluding hydrogens is 244 g/mol. The molecule has 5 heteroatoms. The number of alkyl halides is 2. The van der Waals surface area contributed by atoms with Crippen molar-refractivity contribution in [2.45, 2.75) is 26.1 Å². The molecule has 2 nitrogen and oxygen atoms in total. The number of benzene rings is 1. The average molecular weight is 261 g/mol. The zero-order chi connectivity index (χ0) is 12.7. The Bertz CT molecular complexity index is 336. The second-order valence-corrected chi connectivity index (χ2v) is 4.63. The quantitative estimate of drug-likeness (QED) is 0.815. The molecule has 1 N–H and O–H groups in total. The average Bonchev–Trinajstić information content (AvgIpc) is 2.27. The molecule has 0 saturated carbocycles. The number of hydrogen-bond acceptors (Lipinski definition) is 3. The van der Waals surface area contributed by atoms with Gasteiger partial charge in [-0.1, -0.05) is 18.2 Å². The summed E-state index contributed by atoms with van der Waals surface area (Å²) in [5, 5.41) is 3.27. The van der Waals surface area contributed by atoms with E-state index in [-0.39, 0.29) is 5.75 Å². The van der Waals surface area contributed by atoms with Crippen LogP contribution >= 0.6 is 11.8 Å². The lowest BCUT2D eigenvalue weighted by atomic mass is 10.2. The monoisotopic (exact) mass is 261 g/mol. The van der Waals surface area contributed by atoms with Crippen LogP contribution in [-0.2, 0) is 6.54 Å². The van der Waals surface area contributed by atoms with Crippen LogP contribution in [0.3, 0.4) is 0 Å². The molecule has 0 saturated heterocycles. The van der Waals surface area contributed by atoms with Crippen molar-refractivity contribution >= 4 is 11.8 Å². The van der Waals surface area contributed by atoms with Gasteiger partial charge in [-0.05, 0) is 19.2 Å². The summed E-state index contributed by atoms with van der Waals surface area (Å²) in [4.78, 5) is 0. The molecule has 1 unspecified atom stereocenters. The minimum atomic E-state index is -2.78. The minimum Gasteiger partial charge on any atom is -0.434 e. The van der Waals surface area contributed by atoms with Crippen LogP contribution in [0.1, 0.15) is 12.5 Å². The van der Waals surface area contributed by atoms with Gasteiger partial charge in [0.15, 0.2) is 0 Å². The van der Waals surface area contributed by atoms with Gasteiger partial charge in [0, 0.05) is 23.9 Å². The van der Waals surface area contributed by atoms with E-state index in [1.807, 2.05) is 12.3 Å². The second kappa shape index (κ2) is 7.50. The summed E-state index contributed by atoms with van der Waals surface area (Å²) < 4.78 is 28.8. The third kappa shape index (κ3) is 5.37. The molecule has 0 amide bonds. The molecule has 0 aliphatic heterocycles. The number of thioether (sulfide) groups is 1. The number of ether oxygens (including phenoxy) is 1. The molecule has 1 atom stereocenters. The van der Waals surface area contributed by atoms with Crippen molar-refractivity contribution in [1.29, 1.82) is 0 Å². The molecule has 0 fully saturated rings. The predicted octanol–water partition coefficient (Wildman–Crippen LogP) is 3.13. The highest BCUT2D eigenvalue weighted by Crippen LogP contribution is 2.20. The van der Waals surface area contributed by atoms with Gasteiger partial charge in [0.1, 0.15) is 5.75 Å². The molecule has 96 valence electrons. The van der Waals surface area contributed by atoms with Crippen LogP contribution in [0.4, 0.5) is 8.78 Å².